The summed E-state index contributed by atoms with van der Waals surface area (Å²) in [5.74, 6) is 0. The second kappa shape index (κ2) is 5.50. The van der Waals surface area contributed by atoms with E-state index in [0.717, 1.165) is 26.6 Å². The Labute approximate surface area is 131 Å². The molecule has 2 aromatic carbocycles. The van der Waals surface area contributed by atoms with E-state index in [0.29, 0.717) is 5.58 Å². The first kappa shape index (κ1) is 14.7. The molecule has 1 aromatic heterocycles. The molecule has 0 N–H and O–H groups in total. The number of nitrogens with zero attached hydrogens (tertiary/aromatic N) is 1. The molecule has 112 valence electrons. The fraction of sp³-hybridized carbons (Fsp3) is 0.176. The summed E-state index contributed by atoms with van der Waals surface area (Å²) in [6.45, 7) is 1.89. The summed E-state index contributed by atoms with van der Waals surface area (Å²) in [5, 5.41) is 2.62. The lowest BCUT2D eigenvalue weighted by molar-refractivity contribution is 0.241. The zero-order valence-corrected chi connectivity index (χ0v) is 13.4. The quantitative estimate of drug-likeness (QED) is 0.387. The lowest BCUT2D eigenvalue weighted by Crippen LogP contribution is -2.16. The third-order valence-electron chi connectivity index (χ3n) is 3.50. The monoisotopic (exact) mass is 313 g/mol. The number of carbonyl (C=O) groups is 1. The van der Waals surface area contributed by atoms with E-state index < -0.39 is 0 Å². The first-order chi connectivity index (χ1) is 10.5. The molecule has 3 rings (SSSR count). The second-order valence-corrected chi connectivity index (χ2v) is 6.30. The second-order valence-electron chi connectivity index (χ2n) is 5.30. The van der Waals surface area contributed by atoms with E-state index in [1.54, 1.807) is 14.1 Å². The van der Waals surface area contributed by atoms with Gasteiger partial charge in [-0.3, -0.25) is 4.79 Å². The molecule has 0 fully saturated rings. The third-order valence-corrected chi connectivity index (χ3v) is 4.61. The molecule has 0 spiro atoms. The van der Waals surface area contributed by atoms with Crippen LogP contribution in [0, 0.1) is 6.92 Å². The standard InChI is InChI=1S/C17H15NO3S/c1-10-9-15(19)21-16-11(10)7-8-12-13(16)5-4-6-14(12)22-17(20)18(2)3/h4-9H,1-3H3. The average molecular weight is 313 g/mol. The topological polar surface area (TPSA) is 50.5 Å². The number of benzene rings is 2. The molecule has 22 heavy (non-hydrogen) atoms. The van der Waals surface area contributed by atoms with Crippen molar-refractivity contribution in [3.63, 3.8) is 0 Å². The van der Waals surface area contributed by atoms with Crippen molar-refractivity contribution in [3.8, 4) is 0 Å². The van der Waals surface area contributed by atoms with Gasteiger partial charge in [0.1, 0.15) is 5.58 Å². The summed E-state index contributed by atoms with van der Waals surface area (Å²) in [4.78, 5) is 26.0. The average Bonchev–Trinajstić information content (AvgIpc) is 2.47. The molecule has 0 radical (unpaired) electrons. The summed E-state index contributed by atoms with van der Waals surface area (Å²) in [5.41, 5.74) is 1.10. The summed E-state index contributed by atoms with van der Waals surface area (Å²) in [7, 11) is 3.44. The van der Waals surface area contributed by atoms with Gasteiger partial charge in [0.15, 0.2) is 0 Å². The van der Waals surface area contributed by atoms with Gasteiger partial charge in [-0.15, -0.1) is 0 Å². The lowest BCUT2D eigenvalue weighted by Gasteiger charge is -2.11. The van der Waals surface area contributed by atoms with Crippen molar-refractivity contribution in [2.24, 2.45) is 0 Å². The van der Waals surface area contributed by atoms with E-state index in [1.807, 2.05) is 37.3 Å². The Morgan fingerprint density at radius 3 is 2.55 bits per heavy atom. The minimum atomic E-state index is -0.361. The van der Waals surface area contributed by atoms with Crippen molar-refractivity contribution in [1.82, 2.24) is 4.90 Å². The Hall–Kier alpha value is -2.27. The van der Waals surface area contributed by atoms with Gasteiger partial charge in [0, 0.05) is 35.8 Å². The first-order valence-electron chi connectivity index (χ1n) is 6.82. The smallest absolute Gasteiger partial charge is 0.336 e. The van der Waals surface area contributed by atoms with Crippen LogP contribution in [0.1, 0.15) is 5.56 Å². The van der Waals surface area contributed by atoms with Crippen LogP contribution >= 0.6 is 11.8 Å². The minimum absolute atomic E-state index is 0.0432. The van der Waals surface area contributed by atoms with Crippen LogP contribution in [-0.4, -0.2) is 24.2 Å². The number of fused-ring (bicyclic) bond motifs is 3. The Morgan fingerprint density at radius 1 is 1.09 bits per heavy atom. The summed E-state index contributed by atoms with van der Waals surface area (Å²) >= 11 is 1.17. The van der Waals surface area contributed by atoms with E-state index >= 15 is 0 Å². The number of carbonyl (C=O) groups excluding carboxylic acids is 1. The van der Waals surface area contributed by atoms with E-state index in [1.165, 1.54) is 22.7 Å². The van der Waals surface area contributed by atoms with Crippen LogP contribution in [0.2, 0.25) is 0 Å². The SMILES string of the molecule is Cc1cc(=O)oc2c1ccc1c(SC(=O)N(C)C)cccc12. The van der Waals surface area contributed by atoms with Gasteiger partial charge in [0.25, 0.3) is 5.24 Å². The lowest BCUT2D eigenvalue weighted by atomic mass is 10.0. The van der Waals surface area contributed by atoms with Gasteiger partial charge in [-0.25, -0.2) is 4.79 Å². The van der Waals surface area contributed by atoms with Crippen molar-refractivity contribution >= 4 is 38.7 Å². The van der Waals surface area contributed by atoms with E-state index in [-0.39, 0.29) is 10.9 Å². The molecule has 0 aliphatic rings. The fourth-order valence-corrected chi connectivity index (χ4v) is 3.19. The van der Waals surface area contributed by atoms with Gasteiger partial charge in [0.2, 0.25) is 0 Å². The number of thioether (sulfide) groups is 1. The molecule has 4 nitrogen and oxygen atoms in total. The zero-order valence-electron chi connectivity index (χ0n) is 12.5. The largest absolute Gasteiger partial charge is 0.422 e. The number of amides is 1. The van der Waals surface area contributed by atoms with Crippen molar-refractivity contribution in [1.29, 1.82) is 0 Å². The van der Waals surface area contributed by atoms with Crippen LogP contribution in [0.5, 0.6) is 0 Å². The Kier molecular flexibility index (Phi) is 3.66. The first-order valence-corrected chi connectivity index (χ1v) is 7.64. The van der Waals surface area contributed by atoms with Crippen LogP contribution in [0.15, 0.2) is 50.5 Å². The van der Waals surface area contributed by atoms with Crippen molar-refractivity contribution in [3.05, 3.63) is 52.4 Å². The van der Waals surface area contributed by atoms with Crippen LogP contribution in [0.25, 0.3) is 21.7 Å². The highest BCUT2D eigenvalue weighted by molar-refractivity contribution is 8.13. The Balaban J connectivity index is 2.28. The summed E-state index contributed by atoms with van der Waals surface area (Å²) in [6, 6.07) is 11.1. The zero-order chi connectivity index (χ0) is 15.9. The Morgan fingerprint density at radius 2 is 1.82 bits per heavy atom. The summed E-state index contributed by atoms with van der Waals surface area (Å²) in [6.07, 6.45) is 0. The van der Waals surface area contributed by atoms with Gasteiger partial charge in [-0.2, -0.15) is 0 Å². The van der Waals surface area contributed by atoms with Gasteiger partial charge in [-0.05, 0) is 35.7 Å². The number of hydrogen-bond donors (Lipinski definition) is 0. The van der Waals surface area contributed by atoms with E-state index in [9.17, 15) is 9.59 Å². The Bertz CT molecular complexity index is 944. The molecule has 1 heterocycles. The molecule has 0 unspecified atom stereocenters. The predicted molar refractivity (Wildman–Crippen MR) is 89.7 cm³/mol. The van der Waals surface area contributed by atoms with Gasteiger partial charge >= 0.3 is 5.63 Å². The molecule has 3 aromatic rings. The molecule has 0 bridgehead atoms. The molecular weight excluding hydrogens is 298 g/mol. The highest BCUT2D eigenvalue weighted by atomic mass is 32.2. The maximum atomic E-state index is 11.9. The molecule has 0 aliphatic carbocycles. The maximum Gasteiger partial charge on any atom is 0.336 e. The molecule has 1 amide bonds. The summed E-state index contributed by atoms with van der Waals surface area (Å²) < 4.78 is 5.40. The molecule has 0 saturated carbocycles. The van der Waals surface area contributed by atoms with Gasteiger partial charge < -0.3 is 9.32 Å². The molecular formula is C17H15NO3S. The fourth-order valence-electron chi connectivity index (χ4n) is 2.38. The van der Waals surface area contributed by atoms with Gasteiger partial charge in [-0.1, -0.05) is 24.3 Å². The van der Waals surface area contributed by atoms with Crippen LogP contribution in [0.3, 0.4) is 0 Å². The number of rotatable bonds is 1. The highest BCUT2D eigenvalue weighted by Crippen LogP contribution is 2.33. The van der Waals surface area contributed by atoms with Crippen molar-refractivity contribution in [2.75, 3.05) is 14.1 Å². The highest BCUT2D eigenvalue weighted by Gasteiger charge is 2.13. The van der Waals surface area contributed by atoms with E-state index in [2.05, 4.69) is 0 Å². The molecule has 0 aliphatic heterocycles. The minimum Gasteiger partial charge on any atom is -0.422 e. The van der Waals surface area contributed by atoms with Crippen molar-refractivity contribution < 1.29 is 9.21 Å². The normalized spacial score (nSPS) is 11.0. The van der Waals surface area contributed by atoms with Gasteiger partial charge in [0.05, 0.1) is 0 Å². The maximum absolute atomic E-state index is 11.9. The molecule has 5 heteroatoms. The van der Waals surface area contributed by atoms with Crippen molar-refractivity contribution in [2.45, 2.75) is 11.8 Å². The number of hydrogen-bond acceptors (Lipinski definition) is 4. The van der Waals surface area contributed by atoms with E-state index in [4.69, 9.17) is 4.42 Å². The van der Waals surface area contributed by atoms with Crippen LogP contribution in [-0.2, 0) is 0 Å². The predicted octanol–water partition coefficient (Wildman–Crippen LogP) is 4.03. The third kappa shape index (κ3) is 2.48. The van der Waals surface area contributed by atoms with Crippen LogP contribution < -0.4 is 5.63 Å². The molecule has 0 atom stereocenters. The van der Waals surface area contributed by atoms with Crippen LogP contribution in [0.4, 0.5) is 4.79 Å². The number of aryl methyl sites for hydroxylation is 1. The molecule has 0 saturated heterocycles.